The summed E-state index contributed by atoms with van der Waals surface area (Å²) in [5.74, 6) is -0.577. The van der Waals surface area contributed by atoms with Crippen molar-refractivity contribution in [3.8, 4) is 0 Å². The van der Waals surface area contributed by atoms with E-state index in [0.29, 0.717) is 11.3 Å². The Morgan fingerprint density at radius 3 is 2.35 bits per heavy atom. The summed E-state index contributed by atoms with van der Waals surface area (Å²) in [5.41, 5.74) is 0.275. The van der Waals surface area contributed by atoms with E-state index < -0.39 is 29.0 Å². The van der Waals surface area contributed by atoms with Gasteiger partial charge in [-0.15, -0.1) is 11.8 Å². The zero-order valence-corrected chi connectivity index (χ0v) is 12.5. The number of para-hydroxylation sites is 1. The van der Waals surface area contributed by atoms with Crippen LogP contribution in [0.3, 0.4) is 0 Å². The van der Waals surface area contributed by atoms with Crippen LogP contribution in [0.5, 0.6) is 0 Å². The number of benzene rings is 2. The van der Waals surface area contributed by atoms with Crippen LogP contribution in [0.2, 0.25) is 0 Å². The van der Waals surface area contributed by atoms with Gasteiger partial charge in [0.2, 0.25) is 0 Å². The maximum absolute atomic E-state index is 12.6. The largest absolute Gasteiger partial charge is 0.416 e. The molecule has 2 atom stereocenters. The lowest BCUT2D eigenvalue weighted by Crippen LogP contribution is -2.30. The van der Waals surface area contributed by atoms with Gasteiger partial charge < -0.3 is 10.4 Å². The molecular formula is C16H12F3NO2S. The van der Waals surface area contributed by atoms with Crippen LogP contribution in [0.1, 0.15) is 16.4 Å². The Bertz CT molecular complexity index is 731. The van der Waals surface area contributed by atoms with Crippen LogP contribution < -0.4 is 5.32 Å². The number of carbonyl (C=O) groups excluding carboxylic acids is 1. The van der Waals surface area contributed by atoms with Gasteiger partial charge in [0.05, 0.1) is 16.5 Å². The number of aliphatic hydroxyl groups excluding tert-OH is 1. The number of hydrogen-bond donors (Lipinski definition) is 2. The molecule has 0 fully saturated rings. The van der Waals surface area contributed by atoms with E-state index in [0.717, 1.165) is 17.0 Å². The first-order valence-corrected chi connectivity index (χ1v) is 7.66. The van der Waals surface area contributed by atoms with Crippen LogP contribution in [0, 0.1) is 0 Å². The van der Waals surface area contributed by atoms with Crippen molar-refractivity contribution in [2.45, 2.75) is 22.4 Å². The lowest BCUT2D eigenvalue weighted by molar-refractivity contribution is -0.137. The van der Waals surface area contributed by atoms with Crippen molar-refractivity contribution < 1.29 is 23.1 Å². The zero-order chi connectivity index (χ0) is 16.6. The molecule has 2 aromatic carbocycles. The molecule has 1 aliphatic rings. The second kappa shape index (κ2) is 5.90. The lowest BCUT2D eigenvalue weighted by atomic mass is 10.0. The number of fused-ring (bicyclic) bond motifs is 1. The van der Waals surface area contributed by atoms with Gasteiger partial charge in [-0.05, 0) is 29.8 Å². The number of halogens is 3. The molecule has 2 aromatic rings. The minimum atomic E-state index is -4.42. The molecule has 0 aromatic heterocycles. The molecule has 0 radical (unpaired) electrons. The van der Waals surface area contributed by atoms with E-state index in [1.807, 2.05) is 0 Å². The van der Waals surface area contributed by atoms with E-state index >= 15 is 0 Å². The second-order valence-corrected chi connectivity index (χ2v) is 6.27. The van der Waals surface area contributed by atoms with Gasteiger partial charge in [-0.25, -0.2) is 0 Å². The van der Waals surface area contributed by atoms with Crippen LogP contribution in [0.15, 0.2) is 53.4 Å². The Morgan fingerprint density at radius 1 is 1.04 bits per heavy atom. The van der Waals surface area contributed by atoms with E-state index in [9.17, 15) is 23.1 Å². The van der Waals surface area contributed by atoms with Crippen molar-refractivity contribution >= 4 is 23.4 Å². The molecule has 1 heterocycles. The molecule has 7 heteroatoms. The first-order valence-electron chi connectivity index (χ1n) is 6.78. The van der Waals surface area contributed by atoms with Crippen LogP contribution in [-0.4, -0.2) is 17.1 Å². The Labute approximate surface area is 134 Å². The Balaban J connectivity index is 1.96. The number of rotatable bonds is 1. The fourth-order valence-corrected chi connectivity index (χ4v) is 3.55. The number of hydrogen-bond acceptors (Lipinski definition) is 3. The summed E-state index contributed by atoms with van der Waals surface area (Å²) < 4.78 is 37.9. The van der Waals surface area contributed by atoms with Gasteiger partial charge >= 0.3 is 6.18 Å². The third kappa shape index (κ3) is 3.20. The number of thioether (sulfide) groups is 1. The van der Waals surface area contributed by atoms with Gasteiger partial charge in [0.15, 0.2) is 0 Å². The summed E-state index contributed by atoms with van der Waals surface area (Å²) in [7, 11) is 0. The number of anilines is 1. The van der Waals surface area contributed by atoms with Gasteiger partial charge in [0.1, 0.15) is 6.10 Å². The van der Waals surface area contributed by atoms with E-state index in [4.69, 9.17) is 0 Å². The van der Waals surface area contributed by atoms with E-state index in [1.165, 1.54) is 23.9 Å². The molecule has 0 aliphatic carbocycles. The van der Waals surface area contributed by atoms with Crippen LogP contribution in [-0.2, 0) is 11.0 Å². The number of aliphatic hydroxyl groups is 1. The third-order valence-corrected chi connectivity index (χ3v) is 4.91. The molecule has 0 saturated carbocycles. The van der Waals surface area contributed by atoms with Crippen molar-refractivity contribution in [3.63, 3.8) is 0 Å². The summed E-state index contributed by atoms with van der Waals surface area (Å²) in [5, 5.41) is 12.2. The molecule has 1 aliphatic heterocycles. The fourth-order valence-electron chi connectivity index (χ4n) is 2.33. The zero-order valence-electron chi connectivity index (χ0n) is 11.7. The molecule has 3 nitrogen and oxygen atoms in total. The Kier molecular flexibility index (Phi) is 4.08. The normalized spacial score (nSPS) is 21.3. The summed E-state index contributed by atoms with van der Waals surface area (Å²) >= 11 is 1.24. The predicted octanol–water partition coefficient (Wildman–Crippen LogP) is 3.85. The van der Waals surface area contributed by atoms with Gasteiger partial charge in [0.25, 0.3) is 5.91 Å². The summed E-state index contributed by atoms with van der Waals surface area (Å²) in [4.78, 5) is 12.8. The highest BCUT2D eigenvalue weighted by Gasteiger charge is 2.34. The molecule has 120 valence electrons. The molecule has 0 saturated heterocycles. The molecular weight excluding hydrogens is 327 g/mol. The maximum Gasteiger partial charge on any atom is 0.416 e. The SMILES string of the molecule is O=C1Nc2ccccc2S[C@H](c2ccc(C(F)(F)F)cc2)[C@H]1O. The lowest BCUT2D eigenvalue weighted by Gasteiger charge is -2.19. The quantitative estimate of drug-likeness (QED) is 0.830. The predicted molar refractivity (Wildman–Crippen MR) is 81.1 cm³/mol. The van der Waals surface area contributed by atoms with Gasteiger partial charge in [-0.3, -0.25) is 4.79 Å². The van der Waals surface area contributed by atoms with Crippen LogP contribution in [0.4, 0.5) is 18.9 Å². The van der Waals surface area contributed by atoms with Crippen molar-refractivity contribution in [1.82, 2.24) is 0 Å². The monoisotopic (exact) mass is 339 g/mol. The summed E-state index contributed by atoms with van der Waals surface area (Å²) in [6.07, 6.45) is -5.78. The molecule has 0 spiro atoms. The third-order valence-electron chi connectivity index (χ3n) is 3.52. The average Bonchev–Trinajstić information content (AvgIpc) is 2.64. The minimum Gasteiger partial charge on any atom is -0.382 e. The van der Waals surface area contributed by atoms with Crippen LogP contribution in [0.25, 0.3) is 0 Å². The minimum absolute atomic E-state index is 0.461. The molecule has 23 heavy (non-hydrogen) atoms. The number of carbonyl (C=O) groups is 1. The Hall–Kier alpha value is -1.99. The van der Waals surface area contributed by atoms with E-state index in [1.54, 1.807) is 24.3 Å². The standard InChI is InChI=1S/C16H12F3NO2S/c17-16(18,19)10-7-5-9(6-8-10)14-13(21)15(22)20-11-3-1-2-4-12(11)23-14/h1-8,13-14,21H,(H,20,22)/t13-,14-/m1/s1. The van der Waals surface area contributed by atoms with Crippen molar-refractivity contribution in [1.29, 1.82) is 0 Å². The number of nitrogens with one attached hydrogen (secondary N) is 1. The fraction of sp³-hybridized carbons (Fsp3) is 0.188. The van der Waals surface area contributed by atoms with Gasteiger partial charge in [-0.1, -0.05) is 24.3 Å². The molecule has 0 unspecified atom stereocenters. The smallest absolute Gasteiger partial charge is 0.382 e. The molecule has 1 amide bonds. The van der Waals surface area contributed by atoms with Crippen molar-refractivity contribution in [2.75, 3.05) is 5.32 Å². The average molecular weight is 339 g/mol. The highest BCUT2D eigenvalue weighted by atomic mass is 32.2. The number of alkyl halides is 3. The summed E-state index contributed by atoms with van der Waals surface area (Å²) in [6, 6.07) is 11.5. The highest BCUT2D eigenvalue weighted by Crippen LogP contribution is 2.44. The number of amides is 1. The Morgan fingerprint density at radius 2 is 1.70 bits per heavy atom. The van der Waals surface area contributed by atoms with E-state index in [2.05, 4.69) is 5.32 Å². The molecule has 3 rings (SSSR count). The van der Waals surface area contributed by atoms with Crippen molar-refractivity contribution in [2.24, 2.45) is 0 Å². The first-order chi connectivity index (χ1) is 10.9. The first kappa shape index (κ1) is 15.9. The van der Waals surface area contributed by atoms with Gasteiger partial charge in [0, 0.05) is 4.90 Å². The topological polar surface area (TPSA) is 49.3 Å². The maximum atomic E-state index is 12.6. The van der Waals surface area contributed by atoms with Crippen molar-refractivity contribution in [3.05, 3.63) is 59.7 Å². The van der Waals surface area contributed by atoms with Crippen LogP contribution >= 0.6 is 11.8 Å². The van der Waals surface area contributed by atoms with Gasteiger partial charge in [-0.2, -0.15) is 13.2 Å². The van der Waals surface area contributed by atoms with E-state index in [-0.39, 0.29) is 0 Å². The molecule has 0 bridgehead atoms. The molecule has 2 N–H and O–H groups in total. The summed E-state index contributed by atoms with van der Waals surface area (Å²) in [6.45, 7) is 0. The second-order valence-electron chi connectivity index (χ2n) is 5.09. The highest BCUT2D eigenvalue weighted by molar-refractivity contribution is 7.99.